The molecule has 5 nitrogen and oxygen atoms in total. The monoisotopic (exact) mass is 320 g/mol. The summed E-state index contributed by atoms with van der Waals surface area (Å²) in [4.78, 5) is 12.5. The van der Waals surface area contributed by atoms with Gasteiger partial charge in [-0.1, -0.05) is 30.4 Å². The number of sulfone groups is 1. The van der Waals surface area contributed by atoms with Gasteiger partial charge in [0.25, 0.3) is 0 Å². The van der Waals surface area contributed by atoms with Gasteiger partial charge in [-0.05, 0) is 24.5 Å². The van der Waals surface area contributed by atoms with Gasteiger partial charge in [0.05, 0.1) is 10.8 Å². The van der Waals surface area contributed by atoms with Crippen LogP contribution in [0, 0.1) is 17.8 Å². The van der Waals surface area contributed by atoms with Gasteiger partial charge in [0, 0.05) is 13.0 Å². The molecular weight excluding hydrogens is 304 g/mol. The second-order valence-electron chi connectivity index (χ2n) is 6.04. The summed E-state index contributed by atoms with van der Waals surface area (Å²) in [6.07, 6.45) is 3.43. The molecule has 1 aromatic carbocycles. The van der Waals surface area contributed by atoms with E-state index in [0.29, 0.717) is 6.42 Å². The summed E-state index contributed by atoms with van der Waals surface area (Å²) in [6.45, 7) is 0. The van der Waals surface area contributed by atoms with Gasteiger partial charge in [0.2, 0.25) is 6.29 Å². The number of cyclic esters (lactones) is 1. The molecule has 1 saturated carbocycles. The molecule has 6 heteroatoms. The lowest BCUT2D eigenvalue weighted by Crippen LogP contribution is -2.54. The Bertz CT molecular complexity index is 754. The van der Waals surface area contributed by atoms with Gasteiger partial charge in [-0.2, -0.15) is 0 Å². The fourth-order valence-corrected chi connectivity index (χ4v) is 6.85. The zero-order valence-corrected chi connectivity index (χ0v) is 12.8. The Kier molecular flexibility index (Phi) is 2.81. The molecule has 1 heterocycles. The molecule has 2 fully saturated rings. The Labute approximate surface area is 128 Å². The van der Waals surface area contributed by atoms with Crippen LogP contribution in [0.4, 0.5) is 0 Å². The molecule has 1 aromatic rings. The van der Waals surface area contributed by atoms with E-state index >= 15 is 0 Å². The van der Waals surface area contributed by atoms with Crippen LogP contribution < -0.4 is 0 Å². The van der Waals surface area contributed by atoms with Crippen molar-refractivity contribution in [3.63, 3.8) is 0 Å². The first-order chi connectivity index (χ1) is 10.5. The summed E-state index contributed by atoms with van der Waals surface area (Å²) in [6, 6.07) is 8.25. The third-order valence-electron chi connectivity index (χ3n) is 5.19. The van der Waals surface area contributed by atoms with Gasteiger partial charge < -0.3 is 9.47 Å². The Morgan fingerprint density at radius 2 is 1.95 bits per heavy atom. The first-order valence-electron chi connectivity index (χ1n) is 7.24. The van der Waals surface area contributed by atoms with Gasteiger partial charge in [0.15, 0.2) is 14.6 Å². The van der Waals surface area contributed by atoms with Gasteiger partial charge in [-0.25, -0.2) is 8.42 Å². The summed E-state index contributed by atoms with van der Waals surface area (Å²) in [5, 5.41) is 0. The number of carbonyl (C=O) groups excluding carboxylic acids is 1. The van der Waals surface area contributed by atoms with Crippen LogP contribution in [0.2, 0.25) is 0 Å². The van der Waals surface area contributed by atoms with Gasteiger partial charge in [-0.3, -0.25) is 4.79 Å². The van der Waals surface area contributed by atoms with Crippen LogP contribution in [0.3, 0.4) is 0 Å². The highest BCUT2D eigenvalue weighted by Gasteiger charge is 2.75. The van der Waals surface area contributed by atoms with Crippen molar-refractivity contribution in [2.24, 2.45) is 17.8 Å². The molecule has 1 saturated heterocycles. The Morgan fingerprint density at radius 1 is 1.23 bits per heavy atom. The van der Waals surface area contributed by atoms with Gasteiger partial charge >= 0.3 is 5.97 Å². The van der Waals surface area contributed by atoms with Crippen LogP contribution >= 0.6 is 0 Å². The van der Waals surface area contributed by atoms with Crippen molar-refractivity contribution in [1.29, 1.82) is 0 Å². The number of hydrogen-bond acceptors (Lipinski definition) is 5. The van der Waals surface area contributed by atoms with Crippen molar-refractivity contribution in [1.82, 2.24) is 0 Å². The standard InChI is InChI=1S/C16H16O5S/c1-20-15-16(22(18,19)12-5-3-2-4-6-12)11-8-7-10(9-11)13(16)14(17)21-15/h2-8,10-11,13,15H,9H2,1H3/t10-,11+,13-,15+,16+/m1/s1. The van der Waals surface area contributed by atoms with E-state index in [1.807, 2.05) is 12.2 Å². The first-order valence-corrected chi connectivity index (χ1v) is 8.73. The molecule has 0 spiro atoms. The summed E-state index contributed by atoms with van der Waals surface area (Å²) in [5.74, 6) is -1.50. The second kappa shape index (κ2) is 4.43. The molecule has 2 bridgehead atoms. The smallest absolute Gasteiger partial charge is 0.313 e. The highest BCUT2D eigenvalue weighted by atomic mass is 32.2. The van der Waals surface area contributed by atoms with Gasteiger partial charge in [-0.15, -0.1) is 0 Å². The maximum Gasteiger partial charge on any atom is 0.313 e. The molecule has 1 aliphatic heterocycles. The first kappa shape index (κ1) is 14.0. The quantitative estimate of drug-likeness (QED) is 0.624. The molecule has 4 rings (SSSR count). The zero-order valence-electron chi connectivity index (χ0n) is 12.0. The molecule has 2 aliphatic carbocycles. The molecule has 0 unspecified atom stereocenters. The Balaban J connectivity index is 1.97. The van der Waals surface area contributed by atoms with E-state index in [0.717, 1.165) is 0 Å². The summed E-state index contributed by atoms with van der Waals surface area (Å²) in [5.41, 5.74) is 0. The molecule has 0 aromatic heterocycles. The Morgan fingerprint density at radius 3 is 2.64 bits per heavy atom. The molecule has 0 amide bonds. The van der Waals surface area contributed by atoms with Crippen molar-refractivity contribution in [2.45, 2.75) is 22.4 Å². The predicted molar refractivity (Wildman–Crippen MR) is 77.5 cm³/mol. The number of benzene rings is 1. The minimum absolute atomic E-state index is 0.0869. The SMILES string of the molecule is CO[C@H]1OC(=O)[C@H]2[C@@H]3C=C[C@@H](C3)[C@@]12S(=O)(=O)c1ccccc1. The average Bonchev–Trinajstić information content (AvgIpc) is 3.19. The van der Waals surface area contributed by atoms with E-state index in [1.165, 1.54) is 7.11 Å². The average molecular weight is 320 g/mol. The van der Waals surface area contributed by atoms with E-state index in [-0.39, 0.29) is 16.7 Å². The summed E-state index contributed by atoms with van der Waals surface area (Å²) < 4.78 is 36.0. The van der Waals surface area contributed by atoms with Crippen molar-refractivity contribution >= 4 is 15.8 Å². The highest BCUT2D eigenvalue weighted by Crippen LogP contribution is 2.61. The maximum absolute atomic E-state index is 13.4. The number of fused-ring (bicyclic) bond motifs is 5. The maximum atomic E-state index is 13.4. The number of allylic oxidation sites excluding steroid dienone is 2. The summed E-state index contributed by atoms with van der Waals surface area (Å²) in [7, 11) is -2.40. The third kappa shape index (κ3) is 1.42. The number of rotatable bonds is 3. The molecular formula is C16H16O5S. The minimum atomic E-state index is -3.78. The van der Waals surface area contributed by atoms with Crippen LogP contribution in [0.25, 0.3) is 0 Å². The number of esters is 1. The van der Waals surface area contributed by atoms with E-state index in [1.54, 1.807) is 30.3 Å². The van der Waals surface area contributed by atoms with E-state index in [2.05, 4.69) is 0 Å². The van der Waals surface area contributed by atoms with E-state index in [9.17, 15) is 13.2 Å². The van der Waals surface area contributed by atoms with Crippen LogP contribution in [0.15, 0.2) is 47.4 Å². The lowest BCUT2D eigenvalue weighted by atomic mass is 9.83. The minimum Gasteiger partial charge on any atom is -0.434 e. The largest absolute Gasteiger partial charge is 0.434 e. The Hall–Kier alpha value is -1.66. The van der Waals surface area contributed by atoms with Crippen LogP contribution in [0.1, 0.15) is 6.42 Å². The second-order valence-corrected chi connectivity index (χ2v) is 8.23. The molecule has 0 radical (unpaired) electrons. The van der Waals surface area contributed by atoms with Crippen LogP contribution in [-0.2, 0) is 24.1 Å². The fraction of sp³-hybridized carbons (Fsp3) is 0.438. The zero-order chi connectivity index (χ0) is 15.5. The van der Waals surface area contributed by atoms with Crippen molar-refractivity contribution < 1.29 is 22.7 Å². The molecule has 116 valence electrons. The lowest BCUT2D eigenvalue weighted by Gasteiger charge is -2.36. The predicted octanol–water partition coefficient (Wildman–Crippen LogP) is 1.55. The van der Waals surface area contributed by atoms with E-state index < -0.39 is 32.8 Å². The van der Waals surface area contributed by atoms with E-state index in [4.69, 9.17) is 9.47 Å². The molecule has 5 atom stereocenters. The molecule has 22 heavy (non-hydrogen) atoms. The van der Waals surface area contributed by atoms with Gasteiger partial charge in [0.1, 0.15) is 0 Å². The van der Waals surface area contributed by atoms with Crippen molar-refractivity contribution in [2.75, 3.05) is 7.11 Å². The van der Waals surface area contributed by atoms with Crippen molar-refractivity contribution in [3.8, 4) is 0 Å². The van der Waals surface area contributed by atoms with Crippen molar-refractivity contribution in [3.05, 3.63) is 42.5 Å². The number of methoxy groups -OCH3 is 1. The fourth-order valence-electron chi connectivity index (χ4n) is 4.35. The van der Waals surface area contributed by atoms with Crippen LogP contribution in [-0.4, -0.2) is 32.5 Å². The highest BCUT2D eigenvalue weighted by molar-refractivity contribution is 7.93. The topological polar surface area (TPSA) is 69.7 Å². The molecule has 3 aliphatic rings. The number of ether oxygens (including phenoxy) is 2. The summed E-state index contributed by atoms with van der Waals surface area (Å²) >= 11 is 0. The van der Waals surface area contributed by atoms with Crippen LogP contribution in [0.5, 0.6) is 0 Å². The lowest BCUT2D eigenvalue weighted by molar-refractivity contribution is -0.162. The third-order valence-corrected chi connectivity index (χ3v) is 7.76. The normalized spacial score (nSPS) is 39.0. The number of carbonyl (C=O) groups is 1. The molecule has 0 N–H and O–H groups in total. The number of hydrogen-bond donors (Lipinski definition) is 0.